The Morgan fingerprint density at radius 3 is 2.81 bits per heavy atom. The van der Waals surface area contributed by atoms with Gasteiger partial charge in [-0.25, -0.2) is 4.79 Å². The monoisotopic (exact) mass is 294 g/mol. The topological polar surface area (TPSA) is 60.0 Å². The lowest BCUT2D eigenvalue weighted by Gasteiger charge is -2.26. The molecule has 1 aliphatic heterocycles. The van der Waals surface area contributed by atoms with Crippen molar-refractivity contribution in [2.45, 2.75) is 6.92 Å². The molecule has 0 radical (unpaired) electrons. The third-order valence-corrected chi connectivity index (χ3v) is 3.25. The first-order chi connectivity index (χ1) is 10.2. The lowest BCUT2D eigenvalue weighted by molar-refractivity contribution is 0.0530. The van der Waals surface area contributed by atoms with Crippen molar-refractivity contribution >= 4 is 6.03 Å². The Morgan fingerprint density at radius 2 is 2.10 bits per heavy atom. The first-order valence-corrected chi connectivity index (χ1v) is 7.08. The summed E-state index contributed by atoms with van der Waals surface area (Å²) in [4.78, 5) is 13.6. The van der Waals surface area contributed by atoms with E-state index in [2.05, 4.69) is 5.32 Å². The lowest BCUT2D eigenvalue weighted by Crippen LogP contribution is -2.47. The van der Waals surface area contributed by atoms with Crippen LogP contribution < -0.4 is 14.8 Å². The lowest BCUT2D eigenvalue weighted by atomic mass is 10.2. The fraction of sp³-hybridized carbons (Fsp3) is 0.533. The van der Waals surface area contributed by atoms with Crippen LogP contribution in [0.2, 0.25) is 0 Å². The van der Waals surface area contributed by atoms with Gasteiger partial charge in [0.15, 0.2) is 11.5 Å². The zero-order valence-corrected chi connectivity index (χ0v) is 12.6. The maximum atomic E-state index is 11.9. The Morgan fingerprint density at radius 1 is 1.33 bits per heavy atom. The van der Waals surface area contributed by atoms with Crippen LogP contribution in [0.15, 0.2) is 18.2 Å². The number of hydrogen-bond acceptors (Lipinski definition) is 4. The Balaban J connectivity index is 1.73. The number of carbonyl (C=O) groups is 1. The van der Waals surface area contributed by atoms with Crippen LogP contribution in [0.4, 0.5) is 4.79 Å². The van der Waals surface area contributed by atoms with Crippen LogP contribution in [0, 0.1) is 6.92 Å². The van der Waals surface area contributed by atoms with E-state index < -0.39 is 0 Å². The number of hydrogen-bond donors (Lipinski definition) is 1. The highest BCUT2D eigenvalue weighted by Gasteiger charge is 2.15. The number of urea groups is 1. The highest BCUT2D eigenvalue weighted by molar-refractivity contribution is 5.74. The zero-order valence-electron chi connectivity index (χ0n) is 12.6. The molecule has 6 nitrogen and oxygen atoms in total. The molecule has 0 saturated carbocycles. The van der Waals surface area contributed by atoms with Crippen LogP contribution in [0.25, 0.3) is 0 Å². The second-order valence-corrected chi connectivity index (χ2v) is 4.83. The number of carbonyl (C=O) groups excluding carboxylic acids is 1. The standard InChI is InChI=1S/C15H22N2O4/c1-12-3-4-13(14(11-12)19-2)21-8-5-16-15(18)17-6-9-20-10-7-17/h3-4,11H,5-10H2,1-2H3,(H,16,18). The van der Waals surface area contributed by atoms with Crippen molar-refractivity contribution < 1.29 is 19.0 Å². The summed E-state index contributed by atoms with van der Waals surface area (Å²) in [6.45, 7) is 5.32. The molecule has 21 heavy (non-hydrogen) atoms. The van der Waals surface area contributed by atoms with Gasteiger partial charge < -0.3 is 24.4 Å². The van der Waals surface area contributed by atoms with Gasteiger partial charge in [-0.1, -0.05) is 6.07 Å². The van der Waals surface area contributed by atoms with E-state index in [1.165, 1.54) is 0 Å². The van der Waals surface area contributed by atoms with Crippen LogP contribution in [-0.4, -0.2) is 57.5 Å². The number of ether oxygens (including phenoxy) is 3. The molecule has 0 aromatic heterocycles. The third-order valence-electron chi connectivity index (χ3n) is 3.25. The first-order valence-electron chi connectivity index (χ1n) is 7.08. The van der Waals surface area contributed by atoms with Crippen molar-refractivity contribution in [2.24, 2.45) is 0 Å². The average Bonchev–Trinajstić information content (AvgIpc) is 2.53. The number of nitrogens with one attached hydrogen (secondary N) is 1. The molecule has 1 heterocycles. The van der Waals surface area contributed by atoms with Crippen molar-refractivity contribution in [1.29, 1.82) is 0 Å². The Bertz CT molecular complexity index is 473. The van der Waals surface area contributed by atoms with Crippen molar-refractivity contribution in [3.8, 4) is 11.5 Å². The molecule has 1 fully saturated rings. The average molecular weight is 294 g/mol. The van der Waals surface area contributed by atoms with Gasteiger partial charge in [-0.3, -0.25) is 0 Å². The summed E-state index contributed by atoms with van der Waals surface area (Å²) in [6, 6.07) is 5.68. The van der Waals surface area contributed by atoms with Gasteiger partial charge in [0.05, 0.1) is 26.9 Å². The number of amides is 2. The van der Waals surface area contributed by atoms with Gasteiger partial charge >= 0.3 is 6.03 Å². The van der Waals surface area contributed by atoms with Gasteiger partial charge in [-0.15, -0.1) is 0 Å². The van der Waals surface area contributed by atoms with Gasteiger partial charge in [0.2, 0.25) is 0 Å². The van der Waals surface area contributed by atoms with E-state index in [1.807, 2.05) is 25.1 Å². The van der Waals surface area contributed by atoms with Gasteiger partial charge in [0.1, 0.15) is 6.61 Å². The van der Waals surface area contributed by atoms with E-state index in [0.29, 0.717) is 51.0 Å². The van der Waals surface area contributed by atoms with Crippen molar-refractivity contribution in [3.05, 3.63) is 23.8 Å². The largest absolute Gasteiger partial charge is 0.493 e. The second kappa shape index (κ2) is 7.73. The molecule has 1 saturated heterocycles. The summed E-state index contributed by atoms with van der Waals surface area (Å²) < 4.78 is 16.1. The van der Waals surface area contributed by atoms with Crippen LogP contribution in [0.3, 0.4) is 0 Å². The number of aryl methyl sites for hydroxylation is 1. The molecular weight excluding hydrogens is 272 g/mol. The fourth-order valence-electron chi connectivity index (χ4n) is 2.09. The smallest absolute Gasteiger partial charge is 0.317 e. The number of benzene rings is 1. The van der Waals surface area contributed by atoms with Gasteiger partial charge in [-0.05, 0) is 24.6 Å². The van der Waals surface area contributed by atoms with Crippen LogP contribution >= 0.6 is 0 Å². The second-order valence-electron chi connectivity index (χ2n) is 4.83. The molecule has 1 aromatic carbocycles. The minimum Gasteiger partial charge on any atom is -0.493 e. The summed E-state index contributed by atoms with van der Waals surface area (Å²) in [5.41, 5.74) is 1.11. The quantitative estimate of drug-likeness (QED) is 0.835. The fourth-order valence-corrected chi connectivity index (χ4v) is 2.09. The molecule has 0 atom stereocenters. The molecule has 0 aliphatic carbocycles. The van der Waals surface area contributed by atoms with Crippen LogP contribution in [0.5, 0.6) is 11.5 Å². The molecular formula is C15H22N2O4. The summed E-state index contributed by atoms with van der Waals surface area (Å²) >= 11 is 0. The molecule has 1 aromatic rings. The van der Waals surface area contributed by atoms with E-state index in [4.69, 9.17) is 14.2 Å². The SMILES string of the molecule is COc1cc(C)ccc1OCCNC(=O)N1CCOCC1. The molecule has 0 spiro atoms. The van der Waals surface area contributed by atoms with E-state index in [-0.39, 0.29) is 6.03 Å². The van der Waals surface area contributed by atoms with E-state index in [9.17, 15) is 4.79 Å². The molecule has 0 unspecified atom stereocenters. The predicted molar refractivity (Wildman–Crippen MR) is 79.0 cm³/mol. The Labute approximate surface area is 125 Å². The molecule has 1 aliphatic rings. The van der Waals surface area contributed by atoms with Gasteiger partial charge in [0, 0.05) is 13.1 Å². The molecule has 116 valence electrons. The highest BCUT2D eigenvalue weighted by atomic mass is 16.5. The minimum atomic E-state index is -0.0715. The van der Waals surface area contributed by atoms with Crippen LogP contribution in [-0.2, 0) is 4.74 Å². The van der Waals surface area contributed by atoms with Crippen molar-refractivity contribution in [2.75, 3.05) is 46.6 Å². The number of morpholine rings is 1. The van der Waals surface area contributed by atoms with Crippen LogP contribution in [0.1, 0.15) is 5.56 Å². The number of rotatable bonds is 5. The summed E-state index contributed by atoms with van der Waals surface area (Å²) in [7, 11) is 1.61. The predicted octanol–water partition coefficient (Wildman–Crippen LogP) is 1.42. The van der Waals surface area contributed by atoms with E-state index >= 15 is 0 Å². The molecule has 6 heteroatoms. The molecule has 0 bridgehead atoms. The maximum Gasteiger partial charge on any atom is 0.317 e. The summed E-state index contributed by atoms with van der Waals surface area (Å²) in [5, 5.41) is 2.84. The van der Waals surface area contributed by atoms with Gasteiger partial charge in [0.25, 0.3) is 0 Å². The number of nitrogens with zero attached hydrogens (tertiary/aromatic N) is 1. The minimum absolute atomic E-state index is 0.0715. The molecule has 1 N–H and O–H groups in total. The molecule has 2 rings (SSSR count). The normalized spacial score (nSPS) is 14.7. The first kappa shape index (κ1) is 15.4. The van der Waals surface area contributed by atoms with E-state index in [0.717, 1.165) is 5.56 Å². The maximum absolute atomic E-state index is 11.9. The molecule has 2 amide bonds. The van der Waals surface area contributed by atoms with Gasteiger partial charge in [-0.2, -0.15) is 0 Å². The number of methoxy groups -OCH3 is 1. The van der Waals surface area contributed by atoms with Crippen molar-refractivity contribution in [1.82, 2.24) is 10.2 Å². The highest BCUT2D eigenvalue weighted by Crippen LogP contribution is 2.27. The van der Waals surface area contributed by atoms with Crippen molar-refractivity contribution in [3.63, 3.8) is 0 Å². The summed E-state index contributed by atoms with van der Waals surface area (Å²) in [5.74, 6) is 1.39. The Kier molecular flexibility index (Phi) is 5.68. The van der Waals surface area contributed by atoms with E-state index in [1.54, 1.807) is 12.0 Å². The Hall–Kier alpha value is -1.95. The summed E-state index contributed by atoms with van der Waals surface area (Å²) in [6.07, 6.45) is 0. The zero-order chi connectivity index (χ0) is 15.1. The third kappa shape index (κ3) is 4.53.